The van der Waals surface area contributed by atoms with Crippen molar-refractivity contribution in [1.82, 2.24) is 9.88 Å². The molecule has 1 saturated heterocycles. The van der Waals surface area contributed by atoms with E-state index in [1.165, 1.54) is 12.3 Å². The van der Waals surface area contributed by atoms with Gasteiger partial charge in [-0.3, -0.25) is 4.79 Å². The van der Waals surface area contributed by atoms with Crippen LogP contribution in [0, 0.1) is 0 Å². The number of H-pyrrole nitrogens is 1. The van der Waals surface area contributed by atoms with E-state index in [1.807, 2.05) is 0 Å². The van der Waals surface area contributed by atoms with Crippen LogP contribution >= 0.6 is 11.6 Å². The summed E-state index contributed by atoms with van der Waals surface area (Å²) < 4.78 is 5.19. The lowest BCUT2D eigenvalue weighted by molar-refractivity contribution is -0.139. The second-order valence-corrected chi connectivity index (χ2v) is 5.46. The van der Waals surface area contributed by atoms with Gasteiger partial charge in [0.1, 0.15) is 5.69 Å². The average molecular weight is 299 g/mol. The molecule has 2 rings (SSSR count). The minimum Gasteiger partial charge on any atom is -0.448 e. The van der Waals surface area contributed by atoms with E-state index in [1.54, 1.807) is 11.8 Å². The molecule has 0 bridgehead atoms. The molecule has 1 N–H and O–H groups in total. The number of aromatic nitrogens is 1. The van der Waals surface area contributed by atoms with Crippen LogP contribution in [-0.2, 0) is 9.53 Å². The zero-order chi connectivity index (χ0) is 14.5. The largest absolute Gasteiger partial charge is 0.448 e. The molecule has 5 nitrogen and oxygen atoms in total. The number of hydrogen-bond acceptors (Lipinski definition) is 3. The van der Waals surface area contributed by atoms with E-state index < -0.39 is 12.1 Å². The first kappa shape index (κ1) is 14.9. The van der Waals surface area contributed by atoms with E-state index in [0.29, 0.717) is 5.02 Å². The van der Waals surface area contributed by atoms with Crippen molar-refractivity contribution in [3.63, 3.8) is 0 Å². The number of rotatable bonds is 3. The zero-order valence-electron chi connectivity index (χ0n) is 11.5. The summed E-state index contributed by atoms with van der Waals surface area (Å²) in [6, 6.07) is 1.48. The number of nitrogens with zero attached hydrogens (tertiary/aromatic N) is 1. The molecular formula is C14H19ClN2O3. The van der Waals surface area contributed by atoms with E-state index in [4.69, 9.17) is 16.3 Å². The number of carbonyl (C=O) groups excluding carboxylic acids is 2. The molecule has 0 aliphatic carbocycles. The Morgan fingerprint density at radius 1 is 1.30 bits per heavy atom. The van der Waals surface area contributed by atoms with Crippen LogP contribution in [0.4, 0.5) is 0 Å². The number of likely N-dealkylation sites (tertiary alicyclic amines) is 1. The average Bonchev–Trinajstić information content (AvgIpc) is 2.70. The molecule has 1 aliphatic rings. The lowest BCUT2D eigenvalue weighted by Gasteiger charge is -2.23. The highest BCUT2D eigenvalue weighted by Crippen LogP contribution is 2.14. The minimum atomic E-state index is -0.775. The number of halogens is 1. The SMILES string of the molecule is CC(OC(=O)c1cc(Cl)c[nH]1)C(=O)N1CCCCCC1. The van der Waals surface area contributed by atoms with Crippen LogP contribution in [0.25, 0.3) is 0 Å². The van der Waals surface area contributed by atoms with Gasteiger partial charge in [0.2, 0.25) is 0 Å². The Hall–Kier alpha value is -1.49. The van der Waals surface area contributed by atoms with Crippen molar-refractivity contribution in [3.8, 4) is 0 Å². The van der Waals surface area contributed by atoms with Gasteiger partial charge >= 0.3 is 5.97 Å². The van der Waals surface area contributed by atoms with E-state index >= 15 is 0 Å². The minimum absolute atomic E-state index is 0.127. The van der Waals surface area contributed by atoms with E-state index in [0.717, 1.165) is 38.8 Å². The highest BCUT2D eigenvalue weighted by atomic mass is 35.5. The molecule has 6 heteroatoms. The lowest BCUT2D eigenvalue weighted by atomic mass is 10.2. The molecular weight excluding hydrogens is 280 g/mol. The number of carbonyl (C=O) groups is 2. The number of ether oxygens (including phenoxy) is 1. The van der Waals surface area contributed by atoms with E-state index in [9.17, 15) is 9.59 Å². The quantitative estimate of drug-likeness (QED) is 0.873. The monoisotopic (exact) mass is 298 g/mol. The van der Waals surface area contributed by atoms with Crippen molar-refractivity contribution in [2.75, 3.05) is 13.1 Å². The molecule has 2 heterocycles. The van der Waals surface area contributed by atoms with Crippen molar-refractivity contribution in [2.45, 2.75) is 38.7 Å². The number of esters is 1. The summed E-state index contributed by atoms with van der Waals surface area (Å²) in [7, 11) is 0. The third-order valence-electron chi connectivity index (χ3n) is 3.42. The fourth-order valence-corrected chi connectivity index (χ4v) is 2.47. The summed E-state index contributed by atoms with van der Waals surface area (Å²) in [5.74, 6) is -0.689. The first-order valence-corrected chi connectivity index (χ1v) is 7.29. The number of nitrogens with one attached hydrogen (secondary N) is 1. The standard InChI is InChI=1S/C14H19ClN2O3/c1-10(13(18)17-6-4-2-3-5-7-17)20-14(19)12-8-11(15)9-16-12/h8-10,16H,2-7H2,1H3. The Morgan fingerprint density at radius 3 is 2.50 bits per heavy atom. The van der Waals surface area contributed by atoms with Crippen molar-refractivity contribution in [1.29, 1.82) is 0 Å². The van der Waals surface area contributed by atoms with Gasteiger partial charge in [0, 0.05) is 19.3 Å². The Balaban J connectivity index is 1.91. The fourth-order valence-electron chi connectivity index (χ4n) is 2.31. The van der Waals surface area contributed by atoms with Crippen LogP contribution < -0.4 is 0 Å². The Labute approximate surface area is 123 Å². The maximum Gasteiger partial charge on any atom is 0.355 e. The fraction of sp³-hybridized carbons (Fsp3) is 0.571. The third-order valence-corrected chi connectivity index (χ3v) is 3.64. The van der Waals surface area contributed by atoms with Gasteiger partial charge in [0.05, 0.1) is 5.02 Å². The summed E-state index contributed by atoms with van der Waals surface area (Å²) in [6.45, 7) is 3.10. The molecule has 1 fully saturated rings. The molecule has 1 unspecified atom stereocenters. The van der Waals surface area contributed by atoms with Gasteiger partial charge in [-0.1, -0.05) is 24.4 Å². The smallest absolute Gasteiger partial charge is 0.355 e. The Kier molecular flexibility index (Phi) is 5.06. The van der Waals surface area contributed by atoms with Crippen LogP contribution in [0.3, 0.4) is 0 Å². The van der Waals surface area contributed by atoms with Crippen molar-refractivity contribution < 1.29 is 14.3 Å². The van der Waals surface area contributed by atoms with Crippen LogP contribution in [0.15, 0.2) is 12.3 Å². The highest BCUT2D eigenvalue weighted by Gasteiger charge is 2.25. The van der Waals surface area contributed by atoms with Crippen LogP contribution in [-0.4, -0.2) is 41.0 Å². The highest BCUT2D eigenvalue weighted by molar-refractivity contribution is 6.30. The van der Waals surface area contributed by atoms with Gasteiger partial charge in [-0.2, -0.15) is 0 Å². The van der Waals surface area contributed by atoms with Crippen LogP contribution in [0.5, 0.6) is 0 Å². The van der Waals surface area contributed by atoms with E-state index in [-0.39, 0.29) is 11.6 Å². The van der Waals surface area contributed by atoms with Crippen LogP contribution in [0.2, 0.25) is 5.02 Å². The first-order valence-electron chi connectivity index (χ1n) is 6.91. The lowest BCUT2D eigenvalue weighted by Crippen LogP contribution is -2.40. The third kappa shape index (κ3) is 3.76. The predicted molar refractivity (Wildman–Crippen MR) is 75.7 cm³/mol. The summed E-state index contributed by atoms with van der Waals surface area (Å²) >= 11 is 5.73. The molecule has 1 atom stereocenters. The van der Waals surface area contributed by atoms with Gasteiger partial charge in [0.15, 0.2) is 6.10 Å². The van der Waals surface area contributed by atoms with Crippen LogP contribution in [0.1, 0.15) is 43.1 Å². The Morgan fingerprint density at radius 2 is 1.95 bits per heavy atom. The summed E-state index contributed by atoms with van der Waals surface area (Å²) in [4.78, 5) is 28.6. The molecule has 110 valence electrons. The van der Waals surface area contributed by atoms with E-state index in [2.05, 4.69) is 4.98 Å². The number of aromatic amines is 1. The summed E-state index contributed by atoms with van der Waals surface area (Å²) in [6.07, 6.45) is 5.05. The van der Waals surface area contributed by atoms with Crippen molar-refractivity contribution >= 4 is 23.5 Å². The van der Waals surface area contributed by atoms with Gasteiger partial charge in [-0.15, -0.1) is 0 Å². The summed E-state index contributed by atoms with van der Waals surface area (Å²) in [5.41, 5.74) is 0.255. The predicted octanol–water partition coefficient (Wildman–Crippen LogP) is 2.62. The molecule has 1 aliphatic heterocycles. The molecule has 1 aromatic heterocycles. The Bertz CT molecular complexity index is 479. The normalized spacial score (nSPS) is 17.4. The maximum atomic E-state index is 12.2. The second kappa shape index (κ2) is 6.79. The topological polar surface area (TPSA) is 62.4 Å². The molecule has 1 aromatic rings. The van der Waals surface area contributed by atoms with Gasteiger partial charge < -0.3 is 14.6 Å². The van der Waals surface area contributed by atoms with Gasteiger partial charge in [-0.25, -0.2) is 4.79 Å². The van der Waals surface area contributed by atoms with Crippen molar-refractivity contribution in [3.05, 3.63) is 23.0 Å². The van der Waals surface area contributed by atoms with Crippen molar-refractivity contribution in [2.24, 2.45) is 0 Å². The molecule has 0 radical (unpaired) electrons. The molecule has 20 heavy (non-hydrogen) atoms. The molecule has 0 spiro atoms. The molecule has 1 amide bonds. The second-order valence-electron chi connectivity index (χ2n) is 5.02. The molecule has 0 saturated carbocycles. The zero-order valence-corrected chi connectivity index (χ0v) is 12.3. The first-order chi connectivity index (χ1) is 9.58. The van der Waals surface area contributed by atoms with Gasteiger partial charge in [-0.05, 0) is 25.8 Å². The summed E-state index contributed by atoms with van der Waals surface area (Å²) in [5, 5.41) is 0.434. The van der Waals surface area contributed by atoms with Gasteiger partial charge in [0.25, 0.3) is 5.91 Å². The number of amides is 1. The number of hydrogen-bond donors (Lipinski definition) is 1. The maximum absolute atomic E-state index is 12.2. The molecule has 0 aromatic carbocycles.